The number of aliphatic hydroxyl groups excluding tert-OH is 1. The second-order valence-electron chi connectivity index (χ2n) is 4.17. The van der Waals surface area contributed by atoms with Crippen LogP contribution in [0.5, 0.6) is 11.5 Å². The average molecular weight is 239 g/mol. The van der Waals surface area contributed by atoms with Crippen molar-refractivity contribution >= 4 is 5.78 Å². The van der Waals surface area contributed by atoms with Crippen molar-refractivity contribution in [2.24, 2.45) is 0 Å². The molecule has 1 unspecified atom stereocenters. The Labute approximate surface area is 99.9 Å². The summed E-state index contributed by atoms with van der Waals surface area (Å²) >= 11 is 0. The van der Waals surface area contributed by atoms with Gasteiger partial charge in [-0.15, -0.1) is 0 Å². The molecule has 1 aromatic rings. The Morgan fingerprint density at radius 2 is 2.06 bits per heavy atom. The van der Waals surface area contributed by atoms with Gasteiger partial charge in [-0.25, -0.2) is 0 Å². The molecule has 0 saturated heterocycles. The van der Waals surface area contributed by atoms with Gasteiger partial charge in [0.05, 0.1) is 18.2 Å². The lowest BCUT2D eigenvalue weighted by Crippen LogP contribution is -2.32. The fourth-order valence-electron chi connectivity index (χ4n) is 1.60. The number of phenolic OH excluding ortho intramolecular Hbond substituents is 2. The third-order valence-corrected chi connectivity index (χ3v) is 2.27. The van der Waals surface area contributed by atoms with Crippen molar-refractivity contribution in [2.75, 3.05) is 20.1 Å². The summed E-state index contributed by atoms with van der Waals surface area (Å²) in [7, 11) is 1.71. The van der Waals surface area contributed by atoms with Crippen LogP contribution in [0.15, 0.2) is 18.2 Å². The fourth-order valence-corrected chi connectivity index (χ4v) is 1.60. The van der Waals surface area contributed by atoms with Crippen LogP contribution in [0, 0.1) is 0 Å². The quantitative estimate of drug-likeness (QED) is 0.655. The Hall–Kier alpha value is -1.59. The summed E-state index contributed by atoms with van der Waals surface area (Å²) in [4.78, 5) is 13.5. The maximum Gasteiger partial charge on any atom is 0.180 e. The van der Waals surface area contributed by atoms with Crippen LogP contribution in [-0.4, -0.2) is 52.2 Å². The highest BCUT2D eigenvalue weighted by Gasteiger charge is 2.14. The summed E-state index contributed by atoms with van der Waals surface area (Å²) in [5.41, 5.74) is 0.167. The van der Waals surface area contributed by atoms with Gasteiger partial charge in [-0.2, -0.15) is 0 Å². The highest BCUT2D eigenvalue weighted by Crippen LogP contribution is 2.22. The zero-order valence-corrected chi connectivity index (χ0v) is 9.92. The Bertz CT molecular complexity index is 403. The van der Waals surface area contributed by atoms with E-state index in [9.17, 15) is 9.90 Å². The largest absolute Gasteiger partial charge is 0.508 e. The molecule has 0 saturated carbocycles. The van der Waals surface area contributed by atoms with E-state index in [0.29, 0.717) is 6.54 Å². The van der Waals surface area contributed by atoms with Gasteiger partial charge < -0.3 is 15.3 Å². The number of Topliss-reactive ketones (excluding diaryl/α,β-unsaturated/α-hetero) is 1. The van der Waals surface area contributed by atoms with Crippen molar-refractivity contribution in [3.8, 4) is 11.5 Å². The summed E-state index contributed by atoms with van der Waals surface area (Å²) < 4.78 is 0. The molecule has 0 aliphatic rings. The number of likely N-dealkylation sites (N-methyl/N-ethyl adjacent to an activating group) is 1. The molecule has 0 aliphatic heterocycles. The highest BCUT2D eigenvalue weighted by atomic mass is 16.3. The maximum atomic E-state index is 11.8. The van der Waals surface area contributed by atoms with Gasteiger partial charge in [0, 0.05) is 12.6 Å². The van der Waals surface area contributed by atoms with Crippen LogP contribution in [0.25, 0.3) is 0 Å². The molecule has 0 heterocycles. The molecular weight excluding hydrogens is 222 g/mol. The van der Waals surface area contributed by atoms with Gasteiger partial charge in [0.15, 0.2) is 5.78 Å². The first-order valence-corrected chi connectivity index (χ1v) is 5.32. The van der Waals surface area contributed by atoms with E-state index in [1.165, 1.54) is 12.1 Å². The van der Waals surface area contributed by atoms with E-state index in [1.54, 1.807) is 18.9 Å². The van der Waals surface area contributed by atoms with Crippen LogP contribution in [0.3, 0.4) is 0 Å². The third-order valence-electron chi connectivity index (χ3n) is 2.27. The topological polar surface area (TPSA) is 81.0 Å². The van der Waals surface area contributed by atoms with Crippen LogP contribution in [0.4, 0.5) is 0 Å². The van der Waals surface area contributed by atoms with Gasteiger partial charge in [-0.1, -0.05) is 0 Å². The van der Waals surface area contributed by atoms with Gasteiger partial charge in [-0.05, 0) is 26.1 Å². The van der Waals surface area contributed by atoms with E-state index >= 15 is 0 Å². The zero-order valence-electron chi connectivity index (χ0n) is 9.92. The summed E-state index contributed by atoms with van der Waals surface area (Å²) in [5, 5.41) is 27.8. The molecule has 0 aliphatic carbocycles. The smallest absolute Gasteiger partial charge is 0.180 e. The molecule has 94 valence electrons. The SMILES string of the molecule is CC(O)CN(C)CC(=O)c1ccc(O)cc1O. The Kier molecular flexibility index (Phi) is 4.48. The molecule has 0 bridgehead atoms. The zero-order chi connectivity index (χ0) is 13.0. The van der Waals surface area contributed by atoms with Gasteiger partial charge in [0.2, 0.25) is 0 Å². The molecular formula is C12H17NO4. The van der Waals surface area contributed by atoms with E-state index in [2.05, 4.69) is 0 Å². The first-order chi connectivity index (χ1) is 7.90. The minimum absolute atomic E-state index is 0.0867. The van der Waals surface area contributed by atoms with Gasteiger partial charge in [0.1, 0.15) is 11.5 Å². The monoisotopic (exact) mass is 239 g/mol. The van der Waals surface area contributed by atoms with E-state index < -0.39 is 6.10 Å². The number of carbonyl (C=O) groups excluding carboxylic acids is 1. The van der Waals surface area contributed by atoms with E-state index in [1.807, 2.05) is 0 Å². The molecule has 0 spiro atoms. The van der Waals surface area contributed by atoms with Crippen LogP contribution in [-0.2, 0) is 0 Å². The molecule has 0 fully saturated rings. The first-order valence-electron chi connectivity index (χ1n) is 5.32. The van der Waals surface area contributed by atoms with E-state index in [0.717, 1.165) is 6.07 Å². The van der Waals surface area contributed by atoms with Crippen molar-refractivity contribution in [2.45, 2.75) is 13.0 Å². The minimum atomic E-state index is -0.513. The molecule has 17 heavy (non-hydrogen) atoms. The highest BCUT2D eigenvalue weighted by molar-refractivity contribution is 6.00. The lowest BCUT2D eigenvalue weighted by atomic mass is 10.1. The predicted octanol–water partition coefficient (Wildman–Crippen LogP) is 0.593. The molecule has 1 rings (SSSR count). The van der Waals surface area contributed by atoms with Crippen molar-refractivity contribution < 1.29 is 20.1 Å². The lowest BCUT2D eigenvalue weighted by Gasteiger charge is -2.17. The lowest BCUT2D eigenvalue weighted by molar-refractivity contribution is 0.0899. The van der Waals surface area contributed by atoms with Crippen LogP contribution < -0.4 is 0 Å². The van der Waals surface area contributed by atoms with Gasteiger partial charge in [-0.3, -0.25) is 9.69 Å². The van der Waals surface area contributed by atoms with Crippen LogP contribution >= 0.6 is 0 Å². The maximum absolute atomic E-state index is 11.8. The number of hydrogen-bond donors (Lipinski definition) is 3. The van der Waals surface area contributed by atoms with Crippen LogP contribution in [0.1, 0.15) is 17.3 Å². The predicted molar refractivity (Wildman–Crippen MR) is 63.3 cm³/mol. The number of phenols is 2. The minimum Gasteiger partial charge on any atom is -0.508 e. The molecule has 3 N–H and O–H groups in total. The number of carbonyl (C=O) groups is 1. The fraction of sp³-hybridized carbons (Fsp3) is 0.417. The normalized spacial score (nSPS) is 12.7. The average Bonchev–Trinajstić information content (AvgIpc) is 2.15. The van der Waals surface area contributed by atoms with E-state index in [-0.39, 0.29) is 29.4 Å². The molecule has 1 atom stereocenters. The van der Waals surface area contributed by atoms with Gasteiger partial charge >= 0.3 is 0 Å². The molecule has 5 heteroatoms. The van der Waals surface area contributed by atoms with Gasteiger partial charge in [0.25, 0.3) is 0 Å². The molecule has 0 radical (unpaired) electrons. The molecule has 0 amide bonds. The Morgan fingerprint density at radius 3 is 2.59 bits per heavy atom. The second-order valence-corrected chi connectivity index (χ2v) is 4.17. The Morgan fingerprint density at radius 1 is 1.41 bits per heavy atom. The van der Waals surface area contributed by atoms with Crippen LogP contribution in [0.2, 0.25) is 0 Å². The standard InChI is InChI=1S/C12H17NO4/c1-8(14)6-13(2)7-12(17)10-4-3-9(15)5-11(10)16/h3-5,8,14-16H,6-7H2,1-2H3. The van der Waals surface area contributed by atoms with Crippen molar-refractivity contribution in [3.05, 3.63) is 23.8 Å². The second kappa shape index (κ2) is 5.65. The number of ketones is 1. The molecule has 5 nitrogen and oxygen atoms in total. The number of benzene rings is 1. The summed E-state index contributed by atoms with van der Waals surface area (Å²) in [6.07, 6.45) is -0.513. The third kappa shape index (κ3) is 4.05. The number of nitrogens with zero attached hydrogens (tertiary/aromatic N) is 1. The number of hydrogen-bond acceptors (Lipinski definition) is 5. The first kappa shape index (κ1) is 13.5. The Balaban J connectivity index is 2.70. The molecule has 0 aromatic heterocycles. The number of aromatic hydroxyl groups is 2. The van der Waals surface area contributed by atoms with Crippen molar-refractivity contribution in [1.82, 2.24) is 4.90 Å². The van der Waals surface area contributed by atoms with Crippen molar-refractivity contribution in [1.29, 1.82) is 0 Å². The summed E-state index contributed by atoms with van der Waals surface area (Å²) in [5.74, 6) is -0.581. The summed E-state index contributed by atoms with van der Waals surface area (Å²) in [6.45, 7) is 2.12. The van der Waals surface area contributed by atoms with Crippen molar-refractivity contribution in [3.63, 3.8) is 0 Å². The number of aliphatic hydroxyl groups is 1. The number of rotatable bonds is 5. The molecule has 1 aromatic carbocycles. The van der Waals surface area contributed by atoms with E-state index in [4.69, 9.17) is 10.2 Å². The summed E-state index contributed by atoms with van der Waals surface area (Å²) in [6, 6.07) is 3.85.